The van der Waals surface area contributed by atoms with Gasteiger partial charge in [0.15, 0.2) is 0 Å². The number of carbonyl (C=O) groups excluding carboxylic acids is 1. The van der Waals surface area contributed by atoms with Crippen molar-refractivity contribution in [2.24, 2.45) is 0 Å². The van der Waals surface area contributed by atoms with E-state index in [1.165, 1.54) is 0 Å². The maximum atomic E-state index is 12.5. The molecule has 0 fully saturated rings. The summed E-state index contributed by atoms with van der Waals surface area (Å²) in [6.07, 6.45) is 5.34. The molecular formula is C14H23N3O. The normalized spacial score (nSPS) is 10.2. The van der Waals surface area contributed by atoms with Crippen LogP contribution in [-0.2, 0) is 0 Å². The second-order valence-electron chi connectivity index (χ2n) is 4.24. The Balaban J connectivity index is 2.92. The summed E-state index contributed by atoms with van der Waals surface area (Å²) in [5.74, 6) is 0.0945. The van der Waals surface area contributed by atoms with Gasteiger partial charge in [-0.3, -0.25) is 9.78 Å². The summed E-state index contributed by atoms with van der Waals surface area (Å²) < 4.78 is 0. The first-order valence-electron chi connectivity index (χ1n) is 6.71. The van der Waals surface area contributed by atoms with Crippen molar-refractivity contribution in [2.75, 3.05) is 25.0 Å². The van der Waals surface area contributed by atoms with Gasteiger partial charge in [0.05, 0.1) is 17.4 Å². The Morgan fingerprint density at radius 3 is 2.50 bits per heavy atom. The monoisotopic (exact) mass is 249 g/mol. The molecule has 18 heavy (non-hydrogen) atoms. The van der Waals surface area contributed by atoms with E-state index in [1.54, 1.807) is 18.5 Å². The Hall–Kier alpha value is -1.58. The first-order chi connectivity index (χ1) is 8.74. The van der Waals surface area contributed by atoms with Crippen molar-refractivity contribution in [2.45, 2.75) is 33.6 Å². The lowest BCUT2D eigenvalue weighted by atomic mass is 10.2. The number of anilines is 1. The van der Waals surface area contributed by atoms with Crippen LogP contribution in [0.15, 0.2) is 18.5 Å². The fourth-order valence-electron chi connectivity index (χ4n) is 1.94. The lowest BCUT2D eigenvalue weighted by Crippen LogP contribution is -2.33. The molecule has 1 aromatic rings. The third kappa shape index (κ3) is 3.72. The summed E-state index contributed by atoms with van der Waals surface area (Å²) in [7, 11) is 0. The van der Waals surface area contributed by atoms with E-state index in [1.807, 2.05) is 11.8 Å². The SMILES string of the molecule is CCCN(CCC)C(=O)c1ccncc1NCC. The number of nitrogens with zero attached hydrogens (tertiary/aromatic N) is 2. The van der Waals surface area contributed by atoms with Crippen molar-refractivity contribution in [1.82, 2.24) is 9.88 Å². The fourth-order valence-corrected chi connectivity index (χ4v) is 1.94. The molecule has 0 aliphatic carbocycles. The molecule has 0 atom stereocenters. The third-order valence-electron chi connectivity index (χ3n) is 2.69. The molecular weight excluding hydrogens is 226 g/mol. The van der Waals surface area contributed by atoms with Crippen molar-refractivity contribution < 1.29 is 4.79 Å². The van der Waals surface area contributed by atoms with Crippen LogP contribution in [0.5, 0.6) is 0 Å². The highest BCUT2D eigenvalue weighted by Gasteiger charge is 2.17. The Morgan fingerprint density at radius 2 is 1.94 bits per heavy atom. The molecule has 0 spiro atoms. The molecule has 1 N–H and O–H groups in total. The summed E-state index contributed by atoms with van der Waals surface area (Å²) in [5.41, 5.74) is 1.54. The Kier molecular flexibility index (Phi) is 6.19. The molecule has 0 saturated carbocycles. The van der Waals surface area contributed by atoms with Crippen LogP contribution in [0.2, 0.25) is 0 Å². The van der Waals surface area contributed by atoms with Gasteiger partial charge in [0.25, 0.3) is 5.91 Å². The second kappa shape index (κ2) is 7.69. The van der Waals surface area contributed by atoms with Gasteiger partial charge in [-0.1, -0.05) is 13.8 Å². The minimum absolute atomic E-state index is 0.0945. The fraction of sp³-hybridized carbons (Fsp3) is 0.571. The van der Waals surface area contributed by atoms with E-state index in [0.29, 0.717) is 5.56 Å². The Morgan fingerprint density at radius 1 is 1.28 bits per heavy atom. The van der Waals surface area contributed by atoms with Crippen LogP contribution < -0.4 is 5.32 Å². The minimum atomic E-state index is 0.0945. The number of amides is 1. The lowest BCUT2D eigenvalue weighted by Gasteiger charge is -2.22. The van der Waals surface area contributed by atoms with Gasteiger partial charge in [0.1, 0.15) is 0 Å². The van der Waals surface area contributed by atoms with Crippen LogP contribution in [0, 0.1) is 0 Å². The number of aromatic nitrogens is 1. The molecule has 4 heteroatoms. The number of rotatable bonds is 7. The minimum Gasteiger partial charge on any atom is -0.383 e. The molecule has 0 radical (unpaired) electrons. The van der Waals surface area contributed by atoms with Crippen LogP contribution in [0.1, 0.15) is 44.0 Å². The second-order valence-corrected chi connectivity index (χ2v) is 4.24. The summed E-state index contributed by atoms with van der Waals surface area (Å²) in [6, 6.07) is 1.79. The number of pyridine rings is 1. The van der Waals surface area contributed by atoms with Gasteiger partial charge in [-0.15, -0.1) is 0 Å². The average Bonchev–Trinajstić information content (AvgIpc) is 2.39. The smallest absolute Gasteiger partial charge is 0.256 e. The zero-order chi connectivity index (χ0) is 13.4. The zero-order valence-electron chi connectivity index (χ0n) is 11.6. The van der Waals surface area contributed by atoms with Gasteiger partial charge in [-0.25, -0.2) is 0 Å². The van der Waals surface area contributed by atoms with Crippen LogP contribution >= 0.6 is 0 Å². The van der Waals surface area contributed by atoms with Crippen LogP contribution in [0.4, 0.5) is 5.69 Å². The zero-order valence-corrected chi connectivity index (χ0v) is 11.6. The lowest BCUT2D eigenvalue weighted by molar-refractivity contribution is 0.0756. The third-order valence-corrected chi connectivity index (χ3v) is 2.69. The largest absolute Gasteiger partial charge is 0.383 e. The summed E-state index contributed by atoms with van der Waals surface area (Å²) >= 11 is 0. The predicted octanol–water partition coefficient (Wildman–Crippen LogP) is 2.78. The van der Waals surface area contributed by atoms with Gasteiger partial charge in [0.2, 0.25) is 0 Å². The highest BCUT2D eigenvalue weighted by Crippen LogP contribution is 2.16. The molecule has 0 saturated heterocycles. The maximum absolute atomic E-state index is 12.5. The van der Waals surface area contributed by atoms with Gasteiger partial charge in [-0.05, 0) is 25.8 Å². The highest BCUT2D eigenvalue weighted by atomic mass is 16.2. The molecule has 0 aliphatic rings. The molecule has 0 aliphatic heterocycles. The van der Waals surface area contributed by atoms with E-state index in [0.717, 1.165) is 38.2 Å². The van der Waals surface area contributed by atoms with Gasteiger partial charge >= 0.3 is 0 Å². The standard InChI is InChI=1S/C14H23N3O/c1-4-9-17(10-5-2)14(18)12-7-8-15-11-13(12)16-6-3/h7-8,11,16H,4-6,9-10H2,1-3H3. The first-order valence-corrected chi connectivity index (χ1v) is 6.71. The van der Waals surface area contributed by atoms with Crippen molar-refractivity contribution in [3.05, 3.63) is 24.0 Å². The maximum Gasteiger partial charge on any atom is 0.256 e. The van der Waals surface area contributed by atoms with Gasteiger partial charge in [0, 0.05) is 25.8 Å². The van der Waals surface area contributed by atoms with Crippen molar-refractivity contribution in [3.8, 4) is 0 Å². The quantitative estimate of drug-likeness (QED) is 0.808. The Bertz CT molecular complexity index is 373. The molecule has 100 valence electrons. The molecule has 1 heterocycles. The van der Waals surface area contributed by atoms with E-state index in [4.69, 9.17) is 0 Å². The highest BCUT2D eigenvalue weighted by molar-refractivity contribution is 5.99. The molecule has 0 unspecified atom stereocenters. The number of carbonyl (C=O) groups is 1. The van der Waals surface area contributed by atoms with Gasteiger partial charge in [-0.2, -0.15) is 0 Å². The molecule has 1 amide bonds. The van der Waals surface area contributed by atoms with Crippen molar-refractivity contribution in [3.63, 3.8) is 0 Å². The van der Waals surface area contributed by atoms with Crippen molar-refractivity contribution >= 4 is 11.6 Å². The molecule has 1 rings (SSSR count). The van der Waals surface area contributed by atoms with Gasteiger partial charge < -0.3 is 10.2 Å². The summed E-state index contributed by atoms with van der Waals surface area (Å²) in [5, 5.41) is 3.19. The number of hydrogen-bond acceptors (Lipinski definition) is 3. The molecule has 4 nitrogen and oxygen atoms in total. The van der Waals surface area contributed by atoms with Crippen molar-refractivity contribution in [1.29, 1.82) is 0 Å². The van der Waals surface area contributed by atoms with E-state index in [2.05, 4.69) is 24.1 Å². The first kappa shape index (κ1) is 14.5. The van der Waals surface area contributed by atoms with E-state index >= 15 is 0 Å². The number of hydrogen-bond donors (Lipinski definition) is 1. The molecule has 0 bridgehead atoms. The van der Waals surface area contributed by atoms with Crippen LogP contribution in [0.3, 0.4) is 0 Å². The predicted molar refractivity (Wildman–Crippen MR) is 74.9 cm³/mol. The van der Waals surface area contributed by atoms with Crippen LogP contribution in [-0.4, -0.2) is 35.4 Å². The average molecular weight is 249 g/mol. The molecule has 0 aromatic carbocycles. The van der Waals surface area contributed by atoms with E-state index in [9.17, 15) is 4.79 Å². The topological polar surface area (TPSA) is 45.2 Å². The summed E-state index contributed by atoms with van der Waals surface area (Å²) in [4.78, 5) is 18.5. The number of nitrogens with one attached hydrogen (secondary N) is 1. The van der Waals surface area contributed by atoms with Crippen LogP contribution in [0.25, 0.3) is 0 Å². The van der Waals surface area contributed by atoms with E-state index in [-0.39, 0.29) is 5.91 Å². The molecule has 1 aromatic heterocycles. The Labute approximate surface area is 109 Å². The van der Waals surface area contributed by atoms with E-state index < -0.39 is 0 Å². The summed E-state index contributed by atoms with van der Waals surface area (Å²) in [6.45, 7) is 8.59.